The van der Waals surface area contributed by atoms with Crippen molar-refractivity contribution in [3.8, 4) is 0 Å². The highest BCUT2D eigenvalue weighted by molar-refractivity contribution is 9.10. The van der Waals surface area contributed by atoms with Crippen LogP contribution in [-0.2, 0) is 17.8 Å². The lowest BCUT2D eigenvalue weighted by atomic mass is 10.1. The molecule has 2 heterocycles. The molecule has 0 bridgehead atoms. The topological polar surface area (TPSA) is 75.4 Å². The number of nitrogens with zero attached hydrogens (tertiary/aromatic N) is 2. The summed E-state index contributed by atoms with van der Waals surface area (Å²) in [6.45, 7) is 0.539. The molecule has 0 spiro atoms. The van der Waals surface area contributed by atoms with Gasteiger partial charge in [-0.15, -0.1) is 0 Å². The Bertz CT molecular complexity index is 998. The second kappa shape index (κ2) is 8.61. The molecule has 1 fully saturated rings. The van der Waals surface area contributed by atoms with Crippen LogP contribution in [0, 0.1) is 0 Å². The Hall–Kier alpha value is -2.93. The molecule has 0 aliphatic heterocycles. The van der Waals surface area contributed by atoms with Gasteiger partial charge in [0, 0.05) is 17.9 Å². The van der Waals surface area contributed by atoms with E-state index < -0.39 is 0 Å². The lowest BCUT2D eigenvalue weighted by Gasteiger charge is -2.22. The van der Waals surface area contributed by atoms with Gasteiger partial charge in [0.2, 0.25) is 5.91 Å². The number of nitrogens with one attached hydrogen (secondary N) is 1. The number of anilines is 1. The van der Waals surface area contributed by atoms with Gasteiger partial charge in [-0.1, -0.05) is 18.2 Å². The van der Waals surface area contributed by atoms with Gasteiger partial charge in [-0.2, -0.15) is 0 Å². The average molecular weight is 454 g/mol. The van der Waals surface area contributed by atoms with Crippen LogP contribution in [0.1, 0.15) is 34.7 Å². The van der Waals surface area contributed by atoms with Crippen LogP contribution in [0.15, 0.2) is 69.9 Å². The monoisotopic (exact) mass is 453 g/mol. The average Bonchev–Trinajstić information content (AvgIpc) is 3.48. The minimum atomic E-state index is -0.324. The molecule has 148 valence electrons. The first-order chi connectivity index (χ1) is 14.1. The van der Waals surface area contributed by atoms with Crippen molar-refractivity contribution in [3.05, 3.63) is 82.5 Å². The standard InChI is InChI=1S/C22H20BrN3O3/c23-20-11-10-19(29-20)22(28)25-16-6-4-15(5-7-16)13-21(27)26(18-8-9-18)14-17-3-1-2-12-24-17/h1-7,10-12,18H,8-9,13-14H2,(H,25,28). The summed E-state index contributed by atoms with van der Waals surface area (Å²) in [5.41, 5.74) is 2.45. The fourth-order valence-electron chi connectivity index (χ4n) is 3.08. The molecule has 1 aliphatic rings. The summed E-state index contributed by atoms with van der Waals surface area (Å²) in [4.78, 5) is 31.3. The molecule has 3 aromatic rings. The Balaban J connectivity index is 1.37. The van der Waals surface area contributed by atoms with E-state index in [1.807, 2.05) is 35.2 Å². The first-order valence-electron chi connectivity index (χ1n) is 9.43. The Labute approximate surface area is 177 Å². The van der Waals surface area contributed by atoms with Crippen LogP contribution in [0.3, 0.4) is 0 Å². The van der Waals surface area contributed by atoms with E-state index in [-0.39, 0.29) is 17.6 Å². The van der Waals surface area contributed by atoms with E-state index >= 15 is 0 Å². The van der Waals surface area contributed by atoms with E-state index in [0.29, 0.717) is 29.4 Å². The Kier molecular flexibility index (Phi) is 5.76. The number of carbonyl (C=O) groups excluding carboxylic acids is 2. The number of benzene rings is 1. The molecule has 29 heavy (non-hydrogen) atoms. The van der Waals surface area contributed by atoms with Gasteiger partial charge >= 0.3 is 0 Å². The Morgan fingerprint density at radius 1 is 1.10 bits per heavy atom. The quantitative estimate of drug-likeness (QED) is 0.574. The smallest absolute Gasteiger partial charge is 0.291 e. The highest BCUT2D eigenvalue weighted by atomic mass is 79.9. The predicted molar refractivity (Wildman–Crippen MR) is 112 cm³/mol. The summed E-state index contributed by atoms with van der Waals surface area (Å²) < 4.78 is 5.75. The van der Waals surface area contributed by atoms with E-state index in [1.165, 1.54) is 0 Å². The zero-order chi connectivity index (χ0) is 20.2. The van der Waals surface area contributed by atoms with Crippen LogP contribution >= 0.6 is 15.9 Å². The van der Waals surface area contributed by atoms with Gasteiger partial charge in [0.25, 0.3) is 5.91 Å². The van der Waals surface area contributed by atoms with Crippen LogP contribution in [0.2, 0.25) is 0 Å². The van der Waals surface area contributed by atoms with Gasteiger partial charge in [-0.3, -0.25) is 14.6 Å². The molecule has 0 unspecified atom stereocenters. The molecule has 4 rings (SSSR count). The summed E-state index contributed by atoms with van der Waals surface area (Å²) in [7, 11) is 0. The first kappa shape index (κ1) is 19.4. The zero-order valence-electron chi connectivity index (χ0n) is 15.7. The SMILES string of the molecule is O=C(Nc1ccc(CC(=O)N(Cc2ccccn2)C2CC2)cc1)c1ccc(Br)o1. The summed E-state index contributed by atoms with van der Waals surface area (Å²) in [6.07, 6.45) is 4.17. The van der Waals surface area contributed by atoms with Gasteiger partial charge in [-0.05, 0) is 70.7 Å². The molecule has 1 N–H and O–H groups in total. The Morgan fingerprint density at radius 3 is 2.52 bits per heavy atom. The van der Waals surface area contributed by atoms with Crippen molar-refractivity contribution < 1.29 is 14.0 Å². The summed E-state index contributed by atoms with van der Waals surface area (Å²) in [5.74, 6) is -0.00380. The van der Waals surface area contributed by atoms with Gasteiger partial charge in [-0.25, -0.2) is 0 Å². The lowest BCUT2D eigenvalue weighted by Crippen LogP contribution is -2.34. The summed E-state index contributed by atoms with van der Waals surface area (Å²) in [6, 6.07) is 16.6. The van der Waals surface area contributed by atoms with Crippen molar-refractivity contribution in [1.82, 2.24) is 9.88 Å². The maximum absolute atomic E-state index is 12.9. The third-order valence-electron chi connectivity index (χ3n) is 4.73. The minimum absolute atomic E-state index is 0.0929. The maximum Gasteiger partial charge on any atom is 0.291 e. The number of amides is 2. The molecule has 1 aromatic carbocycles. The predicted octanol–water partition coefficient (Wildman–Crippen LogP) is 4.42. The molecular formula is C22H20BrN3O3. The fourth-order valence-corrected chi connectivity index (χ4v) is 3.39. The first-order valence-corrected chi connectivity index (χ1v) is 10.2. The minimum Gasteiger partial charge on any atom is -0.444 e. The van der Waals surface area contributed by atoms with Gasteiger partial charge in [0.05, 0.1) is 18.7 Å². The van der Waals surface area contributed by atoms with E-state index in [0.717, 1.165) is 24.1 Å². The van der Waals surface area contributed by atoms with Crippen molar-refractivity contribution in [1.29, 1.82) is 0 Å². The second-order valence-electron chi connectivity index (χ2n) is 7.01. The molecule has 0 atom stereocenters. The summed E-state index contributed by atoms with van der Waals surface area (Å²) in [5, 5.41) is 2.78. The van der Waals surface area contributed by atoms with E-state index in [2.05, 4.69) is 26.2 Å². The normalized spacial score (nSPS) is 13.1. The van der Waals surface area contributed by atoms with Crippen molar-refractivity contribution >= 4 is 33.4 Å². The zero-order valence-corrected chi connectivity index (χ0v) is 17.3. The molecule has 7 heteroatoms. The molecule has 0 saturated heterocycles. The number of aromatic nitrogens is 1. The highest BCUT2D eigenvalue weighted by Crippen LogP contribution is 2.29. The molecule has 1 saturated carbocycles. The largest absolute Gasteiger partial charge is 0.444 e. The number of hydrogen-bond acceptors (Lipinski definition) is 4. The van der Waals surface area contributed by atoms with Crippen molar-refractivity contribution in [2.45, 2.75) is 31.8 Å². The molecule has 1 aliphatic carbocycles. The van der Waals surface area contributed by atoms with Crippen molar-refractivity contribution in [2.75, 3.05) is 5.32 Å². The second-order valence-corrected chi connectivity index (χ2v) is 7.79. The van der Waals surface area contributed by atoms with Gasteiger partial charge < -0.3 is 14.6 Å². The molecule has 2 aromatic heterocycles. The van der Waals surface area contributed by atoms with Crippen LogP contribution < -0.4 is 5.32 Å². The lowest BCUT2D eigenvalue weighted by molar-refractivity contribution is -0.131. The summed E-state index contributed by atoms with van der Waals surface area (Å²) >= 11 is 3.18. The molecule has 6 nitrogen and oxygen atoms in total. The van der Waals surface area contributed by atoms with Crippen LogP contribution in [0.25, 0.3) is 0 Å². The number of carbonyl (C=O) groups is 2. The molecule has 2 amide bonds. The van der Waals surface area contributed by atoms with E-state index in [4.69, 9.17) is 4.42 Å². The number of pyridine rings is 1. The van der Waals surface area contributed by atoms with Gasteiger partial charge in [0.1, 0.15) is 0 Å². The molecule has 0 radical (unpaired) electrons. The third kappa shape index (κ3) is 5.12. The van der Waals surface area contributed by atoms with Gasteiger partial charge in [0.15, 0.2) is 10.4 Å². The van der Waals surface area contributed by atoms with Crippen LogP contribution in [0.4, 0.5) is 5.69 Å². The number of furan rings is 1. The van der Waals surface area contributed by atoms with Crippen LogP contribution in [-0.4, -0.2) is 27.7 Å². The molecular weight excluding hydrogens is 434 g/mol. The number of hydrogen-bond donors (Lipinski definition) is 1. The number of halogens is 1. The maximum atomic E-state index is 12.9. The Morgan fingerprint density at radius 2 is 1.90 bits per heavy atom. The van der Waals surface area contributed by atoms with E-state index in [9.17, 15) is 9.59 Å². The number of rotatable bonds is 7. The highest BCUT2D eigenvalue weighted by Gasteiger charge is 2.32. The van der Waals surface area contributed by atoms with Crippen LogP contribution in [0.5, 0.6) is 0 Å². The third-order valence-corrected chi connectivity index (χ3v) is 5.16. The van der Waals surface area contributed by atoms with E-state index in [1.54, 1.807) is 30.5 Å². The van der Waals surface area contributed by atoms with Crippen molar-refractivity contribution in [3.63, 3.8) is 0 Å². The van der Waals surface area contributed by atoms with Crippen molar-refractivity contribution in [2.24, 2.45) is 0 Å². The fraction of sp³-hybridized carbons (Fsp3) is 0.227.